The van der Waals surface area contributed by atoms with Crippen LogP contribution in [0.2, 0.25) is 0 Å². The second-order valence-corrected chi connectivity index (χ2v) is 8.07. The zero-order chi connectivity index (χ0) is 13.2. The van der Waals surface area contributed by atoms with E-state index in [1.165, 1.54) is 0 Å². The van der Waals surface area contributed by atoms with Crippen LogP contribution in [0.4, 0.5) is 0 Å². The maximum Gasteiger partial charge on any atom is 0.214 e. The van der Waals surface area contributed by atoms with Crippen LogP contribution in [0.15, 0.2) is 0 Å². The molecular formula is C13H26N2O2S. The fraction of sp³-hybridized carbons (Fsp3) is 1.00. The van der Waals surface area contributed by atoms with Gasteiger partial charge in [-0.25, -0.2) is 13.1 Å². The lowest BCUT2D eigenvalue weighted by molar-refractivity contribution is 0.241. The van der Waals surface area contributed by atoms with Gasteiger partial charge in [0.25, 0.3) is 0 Å². The molecule has 0 aromatic carbocycles. The Bertz CT molecular complexity index is 363. The number of hydrogen-bond acceptors (Lipinski definition) is 3. The molecule has 106 valence electrons. The molecule has 0 radical (unpaired) electrons. The highest BCUT2D eigenvalue weighted by molar-refractivity contribution is 7.90. The third-order valence-electron chi connectivity index (χ3n) is 4.65. The van der Waals surface area contributed by atoms with Crippen molar-refractivity contribution in [3.05, 3.63) is 0 Å². The first kappa shape index (κ1) is 14.3. The molecule has 1 aliphatic heterocycles. The van der Waals surface area contributed by atoms with Crippen molar-refractivity contribution in [1.82, 2.24) is 10.0 Å². The van der Waals surface area contributed by atoms with Crippen LogP contribution in [0.5, 0.6) is 0 Å². The first-order chi connectivity index (χ1) is 8.49. The highest BCUT2D eigenvalue weighted by Gasteiger charge is 2.32. The van der Waals surface area contributed by atoms with E-state index in [1.807, 2.05) is 0 Å². The van der Waals surface area contributed by atoms with Gasteiger partial charge in [-0.2, -0.15) is 0 Å². The summed E-state index contributed by atoms with van der Waals surface area (Å²) >= 11 is 0. The molecule has 2 aliphatic rings. The van der Waals surface area contributed by atoms with Crippen LogP contribution >= 0.6 is 0 Å². The predicted molar refractivity (Wildman–Crippen MR) is 73.9 cm³/mol. The van der Waals surface area contributed by atoms with E-state index < -0.39 is 10.0 Å². The van der Waals surface area contributed by atoms with Gasteiger partial charge >= 0.3 is 0 Å². The summed E-state index contributed by atoms with van der Waals surface area (Å²) in [6, 6.07) is 0.163. The zero-order valence-corrected chi connectivity index (χ0v) is 12.3. The maximum absolute atomic E-state index is 12.3. The molecule has 2 N–H and O–H groups in total. The topological polar surface area (TPSA) is 58.2 Å². The molecule has 1 saturated heterocycles. The van der Waals surface area contributed by atoms with Crippen molar-refractivity contribution in [2.45, 2.75) is 57.2 Å². The van der Waals surface area contributed by atoms with E-state index in [4.69, 9.17) is 0 Å². The Labute approximate surface area is 111 Å². The van der Waals surface area contributed by atoms with Crippen LogP contribution < -0.4 is 10.0 Å². The van der Waals surface area contributed by atoms with E-state index in [9.17, 15) is 8.42 Å². The summed E-state index contributed by atoms with van der Waals surface area (Å²) in [5.74, 6) is 1.35. The largest absolute Gasteiger partial charge is 0.317 e. The van der Waals surface area contributed by atoms with Crippen LogP contribution in [-0.4, -0.2) is 32.8 Å². The predicted octanol–water partition coefficient (Wildman–Crippen LogP) is 1.48. The van der Waals surface area contributed by atoms with Crippen LogP contribution in [0.3, 0.4) is 0 Å². The fourth-order valence-electron chi connectivity index (χ4n) is 3.09. The minimum atomic E-state index is -3.11. The van der Waals surface area contributed by atoms with Gasteiger partial charge in [0.05, 0.1) is 5.25 Å². The molecule has 5 heteroatoms. The molecule has 0 aromatic rings. The molecule has 0 bridgehead atoms. The monoisotopic (exact) mass is 274 g/mol. The minimum Gasteiger partial charge on any atom is -0.317 e. The van der Waals surface area contributed by atoms with Crippen molar-refractivity contribution in [2.75, 3.05) is 13.1 Å². The third-order valence-corrected chi connectivity index (χ3v) is 6.67. The van der Waals surface area contributed by atoms with Gasteiger partial charge in [-0.1, -0.05) is 13.8 Å². The Balaban J connectivity index is 1.91. The molecule has 1 heterocycles. The van der Waals surface area contributed by atoms with E-state index in [0.717, 1.165) is 51.1 Å². The average molecular weight is 274 g/mol. The highest BCUT2D eigenvalue weighted by atomic mass is 32.2. The van der Waals surface area contributed by atoms with Crippen molar-refractivity contribution >= 4 is 10.0 Å². The van der Waals surface area contributed by atoms with Crippen LogP contribution in [-0.2, 0) is 10.0 Å². The van der Waals surface area contributed by atoms with Crippen molar-refractivity contribution in [1.29, 1.82) is 0 Å². The second-order valence-electron chi connectivity index (χ2n) is 6.08. The molecule has 18 heavy (non-hydrogen) atoms. The Morgan fingerprint density at radius 2 is 1.67 bits per heavy atom. The van der Waals surface area contributed by atoms with E-state index >= 15 is 0 Å². The summed E-state index contributed by atoms with van der Waals surface area (Å²) in [5, 5.41) is 3.02. The SMILES string of the molecule is CC1CCC(NS(=O)(=O)C2CCNCC2)CC1C. The molecule has 0 amide bonds. The summed E-state index contributed by atoms with van der Waals surface area (Å²) in [7, 11) is -3.11. The molecular weight excluding hydrogens is 248 g/mol. The Kier molecular flexibility index (Phi) is 4.67. The summed E-state index contributed by atoms with van der Waals surface area (Å²) in [5.41, 5.74) is 0. The number of nitrogens with one attached hydrogen (secondary N) is 2. The quantitative estimate of drug-likeness (QED) is 0.819. The van der Waals surface area contributed by atoms with E-state index in [0.29, 0.717) is 5.92 Å². The van der Waals surface area contributed by atoms with Gasteiger partial charge < -0.3 is 5.32 Å². The molecule has 0 spiro atoms. The van der Waals surface area contributed by atoms with Gasteiger partial charge in [0.1, 0.15) is 0 Å². The lowest BCUT2D eigenvalue weighted by atomic mass is 9.79. The van der Waals surface area contributed by atoms with Crippen molar-refractivity contribution in [3.63, 3.8) is 0 Å². The summed E-state index contributed by atoms with van der Waals surface area (Å²) in [6.45, 7) is 6.14. The molecule has 4 nitrogen and oxygen atoms in total. The van der Waals surface area contributed by atoms with Gasteiger partial charge in [-0.15, -0.1) is 0 Å². The van der Waals surface area contributed by atoms with Gasteiger partial charge in [-0.05, 0) is 57.0 Å². The molecule has 1 saturated carbocycles. The summed E-state index contributed by atoms with van der Waals surface area (Å²) in [4.78, 5) is 0. The van der Waals surface area contributed by atoms with Crippen molar-refractivity contribution in [3.8, 4) is 0 Å². The van der Waals surface area contributed by atoms with Crippen LogP contribution in [0, 0.1) is 11.8 Å². The van der Waals surface area contributed by atoms with Gasteiger partial charge in [0.15, 0.2) is 0 Å². The number of rotatable bonds is 3. The first-order valence-corrected chi connectivity index (χ1v) is 8.75. The van der Waals surface area contributed by atoms with Crippen LogP contribution in [0.25, 0.3) is 0 Å². The Morgan fingerprint density at radius 1 is 1.00 bits per heavy atom. The lowest BCUT2D eigenvalue weighted by Crippen LogP contribution is -2.47. The standard InChI is InChI=1S/C13H26N2O2S/c1-10-3-4-12(9-11(10)2)15-18(16,17)13-5-7-14-8-6-13/h10-15H,3-9H2,1-2H3. The third kappa shape index (κ3) is 3.45. The van der Waals surface area contributed by atoms with Crippen molar-refractivity contribution < 1.29 is 8.42 Å². The molecule has 2 fully saturated rings. The molecule has 3 atom stereocenters. The van der Waals surface area contributed by atoms with Gasteiger partial charge in [-0.3, -0.25) is 0 Å². The molecule has 3 unspecified atom stereocenters. The van der Waals surface area contributed by atoms with Gasteiger partial charge in [0, 0.05) is 6.04 Å². The number of hydrogen-bond donors (Lipinski definition) is 2. The van der Waals surface area contributed by atoms with Gasteiger partial charge in [0.2, 0.25) is 10.0 Å². The van der Waals surface area contributed by atoms with E-state index in [-0.39, 0.29) is 11.3 Å². The fourth-order valence-corrected chi connectivity index (χ4v) is 4.82. The van der Waals surface area contributed by atoms with E-state index in [1.54, 1.807) is 0 Å². The average Bonchev–Trinajstić information content (AvgIpc) is 2.35. The molecule has 2 rings (SSSR count). The Morgan fingerprint density at radius 3 is 2.28 bits per heavy atom. The first-order valence-electron chi connectivity index (χ1n) is 7.21. The highest BCUT2D eigenvalue weighted by Crippen LogP contribution is 2.30. The normalized spacial score (nSPS) is 35.6. The van der Waals surface area contributed by atoms with Crippen LogP contribution in [0.1, 0.15) is 46.0 Å². The van der Waals surface area contributed by atoms with Crippen molar-refractivity contribution in [2.24, 2.45) is 11.8 Å². The molecule has 1 aliphatic carbocycles. The summed E-state index contributed by atoms with van der Waals surface area (Å²) in [6.07, 6.45) is 4.61. The number of sulfonamides is 1. The van der Waals surface area contributed by atoms with E-state index in [2.05, 4.69) is 23.9 Å². The Hall–Kier alpha value is -0.130. The second kappa shape index (κ2) is 5.88. The lowest BCUT2D eigenvalue weighted by Gasteiger charge is -2.33. The maximum atomic E-state index is 12.3. The minimum absolute atomic E-state index is 0.163. The summed E-state index contributed by atoms with van der Waals surface area (Å²) < 4.78 is 27.6. The smallest absolute Gasteiger partial charge is 0.214 e. The zero-order valence-electron chi connectivity index (χ0n) is 11.5. The molecule has 0 aromatic heterocycles. The number of piperidine rings is 1.